The van der Waals surface area contributed by atoms with Crippen molar-refractivity contribution in [2.45, 2.75) is 19.8 Å². The van der Waals surface area contributed by atoms with Gasteiger partial charge >= 0.3 is 0 Å². The van der Waals surface area contributed by atoms with Crippen LogP contribution in [0.15, 0.2) is 57.7 Å². The lowest BCUT2D eigenvalue weighted by atomic mass is 10.0. The molecule has 0 saturated carbocycles. The molecule has 0 unspecified atom stereocenters. The third-order valence-electron chi connectivity index (χ3n) is 4.66. The fraction of sp³-hybridized carbons (Fsp3) is 0.182. The summed E-state index contributed by atoms with van der Waals surface area (Å²) >= 11 is 0. The van der Waals surface area contributed by atoms with Crippen LogP contribution in [0.2, 0.25) is 0 Å². The Morgan fingerprint density at radius 3 is 2.82 bits per heavy atom. The topological polar surface area (TPSA) is 84.3 Å². The summed E-state index contributed by atoms with van der Waals surface area (Å²) in [6.07, 6.45) is 1.78. The van der Waals surface area contributed by atoms with E-state index in [4.69, 9.17) is 9.15 Å². The summed E-state index contributed by atoms with van der Waals surface area (Å²) in [5.74, 6) is 0.390. The van der Waals surface area contributed by atoms with E-state index in [0.717, 1.165) is 29.2 Å². The zero-order valence-corrected chi connectivity index (χ0v) is 15.7. The highest BCUT2D eigenvalue weighted by atomic mass is 16.5. The van der Waals surface area contributed by atoms with Crippen LogP contribution in [0, 0.1) is 0 Å². The van der Waals surface area contributed by atoms with Gasteiger partial charge in [-0.15, -0.1) is 0 Å². The number of hydrogen-bond acceptors (Lipinski definition) is 4. The standard InChI is InChI=1S/C22H20N2O4/c1-3-5-13-11-20(25)24-17-12-15(8-9-16(13)17)23-22(26)19-10-14-6-4-7-18(27-2)21(14)28-19/h4,6-12H,3,5H2,1-2H3,(H,23,26)(H,24,25). The third-order valence-corrected chi connectivity index (χ3v) is 4.66. The number of anilines is 1. The molecule has 0 spiro atoms. The molecule has 6 heteroatoms. The molecule has 142 valence electrons. The van der Waals surface area contributed by atoms with Crippen molar-refractivity contribution in [3.63, 3.8) is 0 Å². The molecule has 2 heterocycles. The average Bonchev–Trinajstić information content (AvgIpc) is 3.12. The summed E-state index contributed by atoms with van der Waals surface area (Å²) in [5.41, 5.74) is 2.66. The number of pyridine rings is 1. The number of para-hydroxylation sites is 1. The van der Waals surface area contributed by atoms with Crippen LogP contribution in [0.1, 0.15) is 29.5 Å². The lowest BCUT2D eigenvalue weighted by Crippen LogP contribution is -2.11. The number of benzene rings is 2. The van der Waals surface area contributed by atoms with E-state index in [1.165, 1.54) is 0 Å². The summed E-state index contributed by atoms with van der Waals surface area (Å²) in [5, 5.41) is 4.59. The maximum Gasteiger partial charge on any atom is 0.291 e. The van der Waals surface area contributed by atoms with Crippen molar-refractivity contribution in [3.05, 3.63) is 70.2 Å². The van der Waals surface area contributed by atoms with Gasteiger partial charge in [-0.05, 0) is 36.2 Å². The van der Waals surface area contributed by atoms with Gasteiger partial charge in [-0.3, -0.25) is 9.59 Å². The minimum absolute atomic E-state index is 0.149. The van der Waals surface area contributed by atoms with E-state index >= 15 is 0 Å². The highest BCUT2D eigenvalue weighted by molar-refractivity contribution is 6.05. The number of aromatic nitrogens is 1. The lowest BCUT2D eigenvalue weighted by Gasteiger charge is -2.08. The van der Waals surface area contributed by atoms with Gasteiger partial charge in [-0.25, -0.2) is 0 Å². The number of ether oxygens (including phenoxy) is 1. The van der Waals surface area contributed by atoms with Gasteiger partial charge < -0.3 is 19.5 Å². The molecule has 0 saturated heterocycles. The van der Waals surface area contributed by atoms with Crippen molar-refractivity contribution in [2.24, 2.45) is 0 Å². The quantitative estimate of drug-likeness (QED) is 0.538. The highest BCUT2D eigenvalue weighted by Crippen LogP contribution is 2.29. The van der Waals surface area contributed by atoms with Crippen LogP contribution < -0.4 is 15.6 Å². The van der Waals surface area contributed by atoms with Crippen LogP contribution in [-0.4, -0.2) is 18.0 Å². The zero-order chi connectivity index (χ0) is 19.7. The molecule has 0 atom stereocenters. The van der Waals surface area contributed by atoms with E-state index in [1.807, 2.05) is 24.3 Å². The molecule has 4 rings (SSSR count). The van der Waals surface area contributed by atoms with Crippen LogP contribution in [0.3, 0.4) is 0 Å². The fourth-order valence-corrected chi connectivity index (χ4v) is 3.39. The minimum atomic E-state index is -0.371. The number of rotatable bonds is 5. The monoisotopic (exact) mass is 376 g/mol. The Bertz CT molecular complexity index is 1240. The van der Waals surface area contributed by atoms with Crippen molar-refractivity contribution in [1.29, 1.82) is 0 Å². The first kappa shape index (κ1) is 17.9. The molecule has 4 aromatic rings. The van der Waals surface area contributed by atoms with E-state index < -0.39 is 0 Å². The Balaban J connectivity index is 1.66. The Hall–Kier alpha value is -3.54. The molecule has 6 nitrogen and oxygen atoms in total. The normalized spacial score (nSPS) is 11.1. The molecule has 2 N–H and O–H groups in total. The molecule has 0 radical (unpaired) electrons. The molecule has 2 aromatic carbocycles. The first-order valence-electron chi connectivity index (χ1n) is 9.13. The number of furan rings is 1. The van der Waals surface area contributed by atoms with Crippen molar-refractivity contribution >= 4 is 33.5 Å². The van der Waals surface area contributed by atoms with Gasteiger partial charge in [0.05, 0.1) is 12.6 Å². The van der Waals surface area contributed by atoms with E-state index in [1.54, 1.807) is 31.4 Å². The molecule has 0 aliphatic carbocycles. The highest BCUT2D eigenvalue weighted by Gasteiger charge is 2.15. The molecule has 0 fully saturated rings. The Morgan fingerprint density at radius 2 is 2.04 bits per heavy atom. The number of carbonyl (C=O) groups excluding carboxylic acids is 1. The largest absolute Gasteiger partial charge is 0.493 e. The summed E-state index contributed by atoms with van der Waals surface area (Å²) in [6.45, 7) is 2.07. The molecule has 0 aliphatic rings. The van der Waals surface area contributed by atoms with Crippen LogP contribution in [0.25, 0.3) is 21.9 Å². The van der Waals surface area contributed by atoms with Crippen molar-refractivity contribution in [2.75, 3.05) is 12.4 Å². The van der Waals surface area contributed by atoms with E-state index in [-0.39, 0.29) is 17.2 Å². The second-order valence-electron chi connectivity index (χ2n) is 6.61. The molecular formula is C22H20N2O4. The number of methoxy groups -OCH3 is 1. The SMILES string of the molecule is CCCc1cc(=O)[nH]c2cc(NC(=O)c3cc4cccc(OC)c4o3)ccc12. The van der Waals surface area contributed by atoms with Crippen LogP contribution in [0.5, 0.6) is 5.75 Å². The Morgan fingerprint density at radius 1 is 1.18 bits per heavy atom. The van der Waals surface area contributed by atoms with Crippen molar-refractivity contribution in [1.82, 2.24) is 4.98 Å². The second kappa shape index (κ2) is 7.23. The maximum atomic E-state index is 12.6. The minimum Gasteiger partial charge on any atom is -0.493 e. The lowest BCUT2D eigenvalue weighted by molar-refractivity contribution is 0.0998. The second-order valence-corrected chi connectivity index (χ2v) is 6.61. The van der Waals surface area contributed by atoms with Crippen LogP contribution in [0.4, 0.5) is 5.69 Å². The number of hydrogen-bond donors (Lipinski definition) is 2. The smallest absolute Gasteiger partial charge is 0.291 e. The molecule has 2 aromatic heterocycles. The van der Waals surface area contributed by atoms with Crippen molar-refractivity contribution < 1.29 is 13.9 Å². The Labute approximate surface area is 161 Å². The van der Waals surface area contributed by atoms with Gasteiger partial charge in [0.15, 0.2) is 17.1 Å². The number of aromatic amines is 1. The summed E-state index contributed by atoms with van der Waals surface area (Å²) < 4.78 is 11.0. The molecule has 0 aliphatic heterocycles. The number of H-pyrrole nitrogens is 1. The zero-order valence-electron chi connectivity index (χ0n) is 15.7. The first-order valence-corrected chi connectivity index (χ1v) is 9.13. The summed E-state index contributed by atoms with van der Waals surface area (Å²) in [4.78, 5) is 27.4. The first-order chi connectivity index (χ1) is 13.6. The maximum absolute atomic E-state index is 12.6. The Kier molecular flexibility index (Phi) is 4.61. The average molecular weight is 376 g/mol. The van der Waals surface area contributed by atoms with Gasteiger partial charge in [0.2, 0.25) is 5.56 Å². The number of fused-ring (bicyclic) bond motifs is 2. The molecule has 1 amide bonds. The molecule has 28 heavy (non-hydrogen) atoms. The van der Waals surface area contributed by atoms with Gasteiger partial charge in [-0.2, -0.15) is 0 Å². The summed E-state index contributed by atoms with van der Waals surface area (Å²) in [7, 11) is 1.56. The van der Waals surface area contributed by atoms with Gasteiger partial charge in [0, 0.05) is 22.5 Å². The summed E-state index contributed by atoms with van der Waals surface area (Å²) in [6, 6.07) is 14.3. The number of carbonyl (C=O) groups is 1. The van der Waals surface area contributed by atoms with Gasteiger partial charge in [0.1, 0.15) is 0 Å². The third kappa shape index (κ3) is 3.24. The number of amides is 1. The predicted molar refractivity (Wildman–Crippen MR) is 109 cm³/mol. The molecule has 0 bridgehead atoms. The van der Waals surface area contributed by atoms with Crippen molar-refractivity contribution in [3.8, 4) is 5.75 Å². The van der Waals surface area contributed by atoms with Gasteiger partial charge in [0.25, 0.3) is 5.91 Å². The van der Waals surface area contributed by atoms with E-state index in [9.17, 15) is 9.59 Å². The number of aryl methyl sites for hydroxylation is 1. The van der Waals surface area contributed by atoms with Crippen LogP contribution >= 0.6 is 0 Å². The molecular weight excluding hydrogens is 356 g/mol. The van der Waals surface area contributed by atoms with E-state index in [2.05, 4.69) is 17.2 Å². The van der Waals surface area contributed by atoms with E-state index in [0.29, 0.717) is 22.5 Å². The predicted octanol–water partition coefficient (Wildman–Crippen LogP) is 4.49. The fourth-order valence-electron chi connectivity index (χ4n) is 3.39. The number of nitrogens with one attached hydrogen (secondary N) is 2. The van der Waals surface area contributed by atoms with Gasteiger partial charge in [-0.1, -0.05) is 31.5 Å². The van der Waals surface area contributed by atoms with Crippen LogP contribution in [-0.2, 0) is 6.42 Å².